The first-order chi connectivity index (χ1) is 9.61. The maximum absolute atomic E-state index is 10.4. The van der Waals surface area contributed by atoms with E-state index in [2.05, 4.69) is 39.6 Å². The molecule has 0 fully saturated rings. The zero-order chi connectivity index (χ0) is 16.2. The lowest BCUT2D eigenvalue weighted by Crippen LogP contribution is -2.41. The monoisotopic (exact) mass is 293 g/mol. The molecule has 3 heteroatoms. The lowest BCUT2D eigenvalue weighted by molar-refractivity contribution is 0.0714. The number of hydrogen-bond donors (Lipinski definition) is 1. The third-order valence-electron chi connectivity index (χ3n) is 4.01. The molecule has 0 heterocycles. The SMILES string of the molecule is CC(C)Oc1ccc(C(O)CN(C)C(C)C(C)(C)C)cc1. The van der Waals surface area contributed by atoms with Crippen LogP contribution in [0.4, 0.5) is 0 Å². The lowest BCUT2D eigenvalue weighted by atomic mass is 9.87. The summed E-state index contributed by atoms with van der Waals surface area (Å²) < 4.78 is 5.62. The minimum absolute atomic E-state index is 0.166. The molecule has 1 aromatic rings. The third-order valence-corrected chi connectivity index (χ3v) is 4.01. The minimum Gasteiger partial charge on any atom is -0.491 e. The van der Waals surface area contributed by atoms with Gasteiger partial charge in [0.25, 0.3) is 0 Å². The molecule has 0 aliphatic carbocycles. The number of likely N-dealkylation sites (N-methyl/N-ethyl adjacent to an activating group) is 1. The van der Waals surface area contributed by atoms with Gasteiger partial charge in [0.1, 0.15) is 5.75 Å². The Labute approximate surface area is 129 Å². The maximum Gasteiger partial charge on any atom is 0.119 e. The zero-order valence-corrected chi connectivity index (χ0v) is 14.6. The quantitative estimate of drug-likeness (QED) is 0.864. The fourth-order valence-electron chi connectivity index (χ4n) is 2.24. The minimum atomic E-state index is -0.479. The van der Waals surface area contributed by atoms with Crippen LogP contribution >= 0.6 is 0 Å². The van der Waals surface area contributed by atoms with Gasteiger partial charge in [-0.05, 0) is 50.9 Å². The van der Waals surface area contributed by atoms with E-state index in [9.17, 15) is 5.11 Å². The van der Waals surface area contributed by atoms with E-state index in [1.165, 1.54) is 0 Å². The van der Waals surface area contributed by atoms with Crippen molar-refractivity contribution in [2.45, 2.75) is 59.8 Å². The van der Waals surface area contributed by atoms with Gasteiger partial charge in [-0.1, -0.05) is 32.9 Å². The first kappa shape index (κ1) is 18.0. The maximum atomic E-state index is 10.4. The summed E-state index contributed by atoms with van der Waals surface area (Å²) >= 11 is 0. The van der Waals surface area contributed by atoms with E-state index in [0.29, 0.717) is 12.6 Å². The molecule has 0 aliphatic rings. The van der Waals surface area contributed by atoms with Gasteiger partial charge in [0.05, 0.1) is 12.2 Å². The molecule has 21 heavy (non-hydrogen) atoms. The van der Waals surface area contributed by atoms with Crippen LogP contribution in [0.2, 0.25) is 0 Å². The van der Waals surface area contributed by atoms with Crippen molar-refractivity contribution in [3.63, 3.8) is 0 Å². The molecular formula is C18H31NO2. The van der Waals surface area contributed by atoms with Gasteiger partial charge in [-0.25, -0.2) is 0 Å². The van der Waals surface area contributed by atoms with Gasteiger partial charge in [-0.15, -0.1) is 0 Å². The summed E-state index contributed by atoms with van der Waals surface area (Å²) in [6.45, 7) is 13.5. The molecule has 1 N–H and O–H groups in total. The highest BCUT2D eigenvalue weighted by atomic mass is 16.5. The number of nitrogens with zero attached hydrogens (tertiary/aromatic N) is 1. The number of aliphatic hydroxyl groups is 1. The Hall–Kier alpha value is -1.06. The Morgan fingerprint density at radius 2 is 1.62 bits per heavy atom. The van der Waals surface area contributed by atoms with Crippen LogP contribution in [0.1, 0.15) is 53.2 Å². The lowest BCUT2D eigenvalue weighted by Gasteiger charge is -2.36. The van der Waals surface area contributed by atoms with Crippen molar-refractivity contribution < 1.29 is 9.84 Å². The Balaban J connectivity index is 2.65. The van der Waals surface area contributed by atoms with Crippen LogP contribution in [0.3, 0.4) is 0 Å². The second-order valence-electron chi connectivity index (χ2n) is 7.23. The highest BCUT2D eigenvalue weighted by Crippen LogP contribution is 2.25. The molecule has 0 amide bonds. The molecule has 0 radical (unpaired) electrons. The summed E-state index contributed by atoms with van der Waals surface area (Å²) in [5, 5.41) is 10.4. The van der Waals surface area contributed by atoms with Crippen molar-refractivity contribution in [2.75, 3.05) is 13.6 Å². The fourth-order valence-corrected chi connectivity index (χ4v) is 2.24. The first-order valence-corrected chi connectivity index (χ1v) is 7.76. The summed E-state index contributed by atoms with van der Waals surface area (Å²) in [5.41, 5.74) is 1.13. The number of hydrogen-bond acceptors (Lipinski definition) is 3. The van der Waals surface area contributed by atoms with Crippen molar-refractivity contribution in [2.24, 2.45) is 5.41 Å². The number of ether oxygens (including phenoxy) is 1. The van der Waals surface area contributed by atoms with Gasteiger partial charge in [0.2, 0.25) is 0 Å². The van der Waals surface area contributed by atoms with E-state index in [4.69, 9.17) is 4.74 Å². The number of benzene rings is 1. The Kier molecular flexibility index (Phi) is 6.24. The van der Waals surface area contributed by atoms with Gasteiger partial charge in [0.15, 0.2) is 0 Å². The summed E-state index contributed by atoms with van der Waals surface area (Å²) in [4.78, 5) is 2.21. The van der Waals surface area contributed by atoms with E-state index in [1.807, 2.05) is 38.1 Å². The molecule has 1 rings (SSSR count). The number of aliphatic hydroxyl groups excluding tert-OH is 1. The fraction of sp³-hybridized carbons (Fsp3) is 0.667. The van der Waals surface area contributed by atoms with Crippen molar-refractivity contribution in [3.05, 3.63) is 29.8 Å². The Bertz CT molecular complexity index is 420. The van der Waals surface area contributed by atoms with Gasteiger partial charge in [0, 0.05) is 12.6 Å². The van der Waals surface area contributed by atoms with E-state index in [1.54, 1.807) is 0 Å². The third kappa shape index (κ3) is 5.68. The standard InChI is InChI=1S/C18H31NO2/c1-13(2)21-16-10-8-15(9-11-16)17(20)12-19(7)14(3)18(4,5)6/h8-11,13-14,17,20H,12H2,1-7H3. The molecule has 0 spiro atoms. The molecule has 1 aromatic carbocycles. The molecule has 0 saturated carbocycles. The van der Waals surface area contributed by atoms with Crippen molar-refractivity contribution >= 4 is 0 Å². The first-order valence-electron chi connectivity index (χ1n) is 7.76. The summed E-state index contributed by atoms with van der Waals surface area (Å²) in [6.07, 6.45) is -0.313. The van der Waals surface area contributed by atoms with E-state index >= 15 is 0 Å². The summed E-state index contributed by atoms with van der Waals surface area (Å²) in [7, 11) is 2.06. The van der Waals surface area contributed by atoms with Crippen LogP contribution in [0, 0.1) is 5.41 Å². The normalized spacial score (nSPS) is 15.3. The second kappa shape index (κ2) is 7.28. The highest BCUT2D eigenvalue weighted by Gasteiger charge is 2.25. The average Bonchev–Trinajstić information content (AvgIpc) is 2.36. The predicted molar refractivity (Wildman–Crippen MR) is 88.7 cm³/mol. The molecule has 120 valence electrons. The van der Waals surface area contributed by atoms with Gasteiger partial charge in [-0.2, -0.15) is 0 Å². The largest absolute Gasteiger partial charge is 0.491 e. The van der Waals surface area contributed by atoms with Crippen LogP contribution in [-0.4, -0.2) is 35.7 Å². The van der Waals surface area contributed by atoms with E-state index in [-0.39, 0.29) is 11.5 Å². The van der Waals surface area contributed by atoms with Crippen LogP contribution in [0.5, 0.6) is 5.75 Å². The van der Waals surface area contributed by atoms with Crippen LogP contribution in [0.25, 0.3) is 0 Å². The molecular weight excluding hydrogens is 262 g/mol. The molecule has 0 bridgehead atoms. The van der Waals surface area contributed by atoms with Gasteiger partial charge < -0.3 is 14.7 Å². The van der Waals surface area contributed by atoms with Crippen molar-refractivity contribution in [1.82, 2.24) is 4.90 Å². The van der Waals surface area contributed by atoms with Gasteiger partial charge >= 0.3 is 0 Å². The van der Waals surface area contributed by atoms with E-state index in [0.717, 1.165) is 11.3 Å². The summed E-state index contributed by atoms with van der Waals surface area (Å²) in [5.74, 6) is 0.845. The smallest absolute Gasteiger partial charge is 0.119 e. The zero-order valence-electron chi connectivity index (χ0n) is 14.6. The van der Waals surface area contributed by atoms with Gasteiger partial charge in [-0.3, -0.25) is 0 Å². The molecule has 2 atom stereocenters. The average molecular weight is 293 g/mol. The highest BCUT2D eigenvalue weighted by molar-refractivity contribution is 5.28. The molecule has 0 saturated heterocycles. The number of rotatable bonds is 6. The van der Waals surface area contributed by atoms with Crippen molar-refractivity contribution in [1.29, 1.82) is 0 Å². The molecule has 2 unspecified atom stereocenters. The molecule has 0 aliphatic heterocycles. The summed E-state index contributed by atoms with van der Waals surface area (Å²) in [6, 6.07) is 8.13. The topological polar surface area (TPSA) is 32.7 Å². The Morgan fingerprint density at radius 3 is 2.05 bits per heavy atom. The van der Waals surface area contributed by atoms with Crippen LogP contribution in [0.15, 0.2) is 24.3 Å². The van der Waals surface area contributed by atoms with Crippen molar-refractivity contribution in [3.8, 4) is 5.75 Å². The molecule has 0 aromatic heterocycles. The second-order valence-corrected chi connectivity index (χ2v) is 7.23. The predicted octanol–water partition coefficient (Wildman–Crippen LogP) is 3.87. The van der Waals surface area contributed by atoms with Crippen LogP contribution < -0.4 is 4.74 Å². The van der Waals surface area contributed by atoms with E-state index < -0.39 is 6.10 Å². The van der Waals surface area contributed by atoms with Crippen LogP contribution in [-0.2, 0) is 0 Å². The Morgan fingerprint density at radius 1 is 1.10 bits per heavy atom. The molecule has 3 nitrogen and oxygen atoms in total.